The van der Waals surface area contributed by atoms with Crippen molar-refractivity contribution in [2.75, 3.05) is 5.32 Å². The number of hydrogen-bond donors (Lipinski definition) is 1. The molecule has 0 unspecified atom stereocenters. The molecule has 0 aliphatic rings. The standard InChI is InChI=1S/C12H7BrF5N3/c1-2-5-19-4(13)3-6(20-5)21-12-10(17)8(15)7(14)9(16)11(12)18/h3H,2H2,1H3,(H,19,20,21). The summed E-state index contributed by atoms with van der Waals surface area (Å²) in [6.07, 6.45) is 0.422. The lowest BCUT2D eigenvalue weighted by atomic mass is 10.2. The second-order valence-electron chi connectivity index (χ2n) is 3.92. The summed E-state index contributed by atoms with van der Waals surface area (Å²) >= 11 is 3.06. The lowest BCUT2D eigenvalue weighted by molar-refractivity contribution is 0.382. The average molecular weight is 368 g/mol. The average Bonchev–Trinajstić information content (AvgIpc) is 2.47. The van der Waals surface area contributed by atoms with Crippen LogP contribution in [0.3, 0.4) is 0 Å². The minimum Gasteiger partial charge on any atom is -0.335 e. The summed E-state index contributed by atoms with van der Waals surface area (Å²) in [5.41, 5.74) is -1.17. The van der Waals surface area contributed by atoms with Crippen molar-refractivity contribution in [1.82, 2.24) is 9.97 Å². The molecule has 0 atom stereocenters. The Kier molecular flexibility index (Phi) is 4.40. The first-order valence-electron chi connectivity index (χ1n) is 5.67. The summed E-state index contributed by atoms with van der Waals surface area (Å²) in [5.74, 6) is -9.96. The number of aromatic nitrogens is 2. The largest absolute Gasteiger partial charge is 0.335 e. The van der Waals surface area contributed by atoms with Crippen molar-refractivity contribution >= 4 is 27.4 Å². The first-order valence-corrected chi connectivity index (χ1v) is 6.46. The number of anilines is 2. The zero-order valence-corrected chi connectivity index (χ0v) is 12.0. The fraction of sp³-hybridized carbons (Fsp3) is 0.167. The van der Waals surface area contributed by atoms with Crippen LogP contribution in [0.1, 0.15) is 12.7 Å². The van der Waals surface area contributed by atoms with E-state index in [9.17, 15) is 22.0 Å². The Morgan fingerprint density at radius 2 is 1.48 bits per heavy atom. The Morgan fingerprint density at radius 3 is 2.00 bits per heavy atom. The van der Waals surface area contributed by atoms with Crippen LogP contribution in [-0.2, 0) is 6.42 Å². The maximum atomic E-state index is 13.5. The molecule has 2 aromatic rings. The lowest BCUT2D eigenvalue weighted by Gasteiger charge is -2.11. The Hall–Kier alpha value is -1.77. The molecule has 0 fully saturated rings. The third kappa shape index (κ3) is 2.97. The second-order valence-corrected chi connectivity index (χ2v) is 4.73. The Balaban J connectivity index is 2.52. The highest BCUT2D eigenvalue weighted by Crippen LogP contribution is 2.29. The fourth-order valence-electron chi connectivity index (χ4n) is 1.53. The van der Waals surface area contributed by atoms with E-state index in [0.717, 1.165) is 0 Å². The maximum Gasteiger partial charge on any atom is 0.200 e. The van der Waals surface area contributed by atoms with E-state index >= 15 is 0 Å². The van der Waals surface area contributed by atoms with Gasteiger partial charge in [0.05, 0.1) is 0 Å². The summed E-state index contributed by atoms with van der Waals surface area (Å²) in [7, 11) is 0. The number of rotatable bonds is 3. The van der Waals surface area contributed by atoms with Crippen LogP contribution in [0.15, 0.2) is 10.7 Å². The first kappa shape index (κ1) is 15.6. The lowest BCUT2D eigenvalue weighted by Crippen LogP contribution is -2.08. The minimum absolute atomic E-state index is 0.100. The van der Waals surface area contributed by atoms with Gasteiger partial charge in [-0.15, -0.1) is 0 Å². The molecule has 0 radical (unpaired) electrons. The second kappa shape index (κ2) is 5.92. The number of hydrogen-bond acceptors (Lipinski definition) is 3. The van der Waals surface area contributed by atoms with E-state index in [4.69, 9.17) is 0 Å². The van der Waals surface area contributed by atoms with E-state index in [-0.39, 0.29) is 5.82 Å². The topological polar surface area (TPSA) is 37.8 Å². The Bertz CT molecular complexity index is 679. The van der Waals surface area contributed by atoms with Crippen molar-refractivity contribution in [2.45, 2.75) is 13.3 Å². The van der Waals surface area contributed by atoms with Gasteiger partial charge in [0.25, 0.3) is 0 Å². The first-order chi connectivity index (χ1) is 9.85. The van der Waals surface area contributed by atoms with Gasteiger partial charge in [-0.3, -0.25) is 0 Å². The molecule has 1 heterocycles. The molecule has 9 heteroatoms. The van der Waals surface area contributed by atoms with E-state index in [2.05, 4.69) is 31.2 Å². The van der Waals surface area contributed by atoms with Crippen LogP contribution >= 0.6 is 15.9 Å². The summed E-state index contributed by atoms with van der Waals surface area (Å²) in [4.78, 5) is 7.85. The van der Waals surface area contributed by atoms with Crippen LogP contribution in [-0.4, -0.2) is 9.97 Å². The molecular formula is C12H7BrF5N3. The van der Waals surface area contributed by atoms with Gasteiger partial charge in [-0.05, 0) is 15.9 Å². The number of aryl methyl sites for hydroxylation is 1. The predicted octanol–water partition coefficient (Wildman–Crippen LogP) is 4.24. The van der Waals surface area contributed by atoms with Crippen molar-refractivity contribution in [3.8, 4) is 0 Å². The normalized spacial score (nSPS) is 10.8. The molecule has 0 aliphatic heterocycles. The van der Waals surface area contributed by atoms with E-state index in [1.807, 2.05) is 0 Å². The van der Waals surface area contributed by atoms with Crippen molar-refractivity contribution in [1.29, 1.82) is 0 Å². The van der Waals surface area contributed by atoms with Crippen LogP contribution in [0.25, 0.3) is 0 Å². The van der Waals surface area contributed by atoms with Crippen LogP contribution in [0.5, 0.6) is 0 Å². The highest BCUT2D eigenvalue weighted by Gasteiger charge is 2.26. The fourth-order valence-corrected chi connectivity index (χ4v) is 1.95. The quantitative estimate of drug-likeness (QED) is 0.381. The van der Waals surface area contributed by atoms with Gasteiger partial charge in [0.1, 0.15) is 21.9 Å². The zero-order valence-electron chi connectivity index (χ0n) is 10.4. The maximum absolute atomic E-state index is 13.5. The molecule has 2 rings (SSSR count). The number of nitrogens with one attached hydrogen (secondary N) is 1. The predicted molar refractivity (Wildman–Crippen MR) is 68.6 cm³/mol. The van der Waals surface area contributed by atoms with Gasteiger partial charge in [0, 0.05) is 12.5 Å². The molecule has 0 spiro atoms. The third-order valence-corrected chi connectivity index (χ3v) is 2.93. The number of halogens is 6. The molecule has 0 bridgehead atoms. The van der Waals surface area contributed by atoms with Gasteiger partial charge in [0.2, 0.25) is 5.82 Å². The van der Waals surface area contributed by atoms with Gasteiger partial charge < -0.3 is 5.32 Å². The molecule has 1 aromatic carbocycles. The summed E-state index contributed by atoms with van der Waals surface area (Å²) in [6.45, 7) is 1.74. The highest BCUT2D eigenvalue weighted by molar-refractivity contribution is 9.10. The van der Waals surface area contributed by atoms with Gasteiger partial charge in [-0.1, -0.05) is 6.92 Å². The van der Waals surface area contributed by atoms with Crippen molar-refractivity contribution < 1.29 is 22.0 Å². The van der Waals surface area contributed by atoms with Gasteiger partial charge in [-0.2, -0.15) is 0 Å². The minimum atomic E-state index is -2.21. The van der Waals surface area contributed by atoms with E-state index in [1.54, 1.807) is 6.92 Å². The summed E-state index contributed by atoms with van der Waals surface area (Å²) in [5, 5.41) is 2.09. The van der Waals surface area contributed by atoms with E-state index in [0.29, 0.717) is 16.8 Å². The SMILES string of the molecule is CCc1nc(Br)cc(Nc2c(F)c(F)c(F)c(F)c2F)n1. The van der Waals surface area contributed by atoms with E-state index in [1.165, 1.54) is 6.07 Å². The van der Waals surface area contributed by atoms with Crippen molar-refractivity contribution in [3.63, 3.8) is 0 Å². The molecule has 21 heavy (non-hydrogen) atoms. The van der Waals surface area contributed by atoms with E-state index < -0.39 is 34.8 Å². The van der Waals surface area contributed by atoms with Crippen molar-refractivity contribution in [3.05, 3.63) is 45.6 Å². The molecule has 1 N–H and O–H groups in total. The van der Waals surface area contributed by atoms with Gasteiger partial charge in [-0.25, -0.2) is 31.9 Å². The van der Waals surface area contributed by atoms with Crippen LogP contribution in [0.4, 0.5) is 33.5 Å². The molecule has 0 saturated carbocycles. The third-order valence-electron chi connectivity index (χ3n) is 2.52. The van der Waals surface area contributed by atoms with Crippen LogP contribution in [0.2, 0.25) is 0 Å². The van der Waals surface area contributed by atoms with Crippen LogP contribution < -0.4 is 5.32 Å². The van der Waals surface area contributed by atoms with Gasteiger partial charge in [0.15, 0.2) is 23.3 Å². The number of nitrogens with zero attached hydrogens (tertiary/aromatic N) is 2. The van der Waals surface area contributed by atoms with Gasteiger partial charge >= 0.3 is 0 Å². The number of benzene rings is 1. The Morgan fingerprint density at radius 1 is 0.952 bits per heavy atom. The molecular weight excluding hydrogens is 361 g/mol. The summed E-state index contributed by atoms with van der Waals surface area (Å²) < 4.78 is 66.5. The summed E-state index contributed by atoms with van der Waals surface area (Å²) in [6, 6.07) is 1.25. The highest BCUT2D eigenvalue weighted by atomic mass is 79.9. The molecule has 3 nitrogen and oxygen atoms in total. The Labute approximate surface area is 124 Å². The molecule has 0 amide bonds. The monoisotopic (exact) mass is 367 g/mol. The van der Waals surface area contributed by atoms with Crippen LogP contribution in [0, 0.1) is 29.1 Å². The van der Waals surface area contributed by atoms with Crippen molar-refractivity contribution in [2.24, 2.45) is 0 Å². The molecule has 1 aromatic heterocycles. The molecule has 112 valence electrons. The smallest absolute Gasteiger partial charge is 0.200 e. The molecule has 0 aliphatic carbocycles. The zero-order chi connectivity index (χ0) is 15.7. The molecule has 0 saturated heterocycles.